The maximum absolute atomic E-state index is 12.1. The quantitative estimate of drug-likeness (QED) is 0.682. The van der Waals surface area contributed by atoms with Crippen molar-refractivity contribution in [3.05, 3.63) is 0 Å². The van der Waals surface area contributed by atoms with Crippen LogP contribution in [0.4, 0.5) is 4.79 Å². The van der Waals surface area contributed by atoms with Crippen molar-refractivity contribution in [3.8, 4) is 0 Å². The highest BCUT2D eigenvalue weighted by Gasteiger charge is 2.49. The molecule has 0 aromatic carbocycles. The van der Waals surface area contributed by atoms with E-state index in [0.717, 1.165) is 19.1 Å². The van der Waals surface area contributed by atoms with Gasteiger partial charge in [0.1, 0.15) is 11.9 Å². The second-order valence-electron chi connectivity index (χ2n) is 6.58. The van der Waals surface area contributed by atoms with Gasteiger partial charge in [0.25, 0.3) is 0 Å². The number of carbonyl (C=O) groups is 2. The Bertz CT molecular complexity index is 355. The average molecular weight is 269 g/mol. The van der Waals surface area contributed by atoms with Gasteiger partial charge in [0.05, 0.1) is 0 Å². The molecule has 5 heteroatoms. The Kier molecular flexibility index (Phi) is 3.85. The van der Waals surface area contributed by atoms with Gasteiger partial charge < -0.3 is 19.2 Å². The molecule has 1 unspecified atom stereocenters. The van der Waals surface area contributed by atoms with Gasteiger partial charge in [-0.05, 0) is 33.6 Å². The van der Waals surface area contributed by atoms with E-state index in [-0.39, 0.29) is 17.4 Å². The van der Waals surface area contributed by atoms with Gasteiger partial charge in [-0.1, -0.05) is 0 Å². The Morgan fingerprint density at radius 3 is 2.53 bits per heavy atom. The zero-order valence-electron chi connectivity index (χ0n) is 12.0. The van der Waals surface area contributed by atoms with Crippen molar-refractivity contribution >= 4 is 12.4 Å². The summed E-state index contributed by atoms with van der Waals surface area (Å²) in [6, 6.07) is 0. The predicted octanol–water partition coefficient (Wildman–Crippen LogP) is 1.85. The normalized spacial score (nSPS) is 26.5. The molecular formula is C14H23NO4. The largest absolute Gasteiger partial charge is 0.444 e. The summed E-state index contributed by atoms with van der Waals surface area (Å²) >= 11 is 0. The maximum Gasteiger partial charge on any atom is 0.410 e. The zero-order chi connectivity index (χ0) is 14.1. The van der Waals surface area contributed by atoms with Crippen LogP contribution in [0.2, 0.25) is 0 Å². The Morgan fingerprint density at radius 2 is 2.00 bits per heavy atom. The first-order valence-corrected chi connectivity index (χ1v) is 6.87. The van der Waals surface area contributed by atoms with Crippen LogP contribution in [-0.2, 0) is 14.3 Å². The summed E-state index contributed by atoms with van der Waals surface area (Å²) in [5, 5.41) is 0. The molecule has 1 spiro atoms. The van der Waals surface area contributed by atoms with Crippen molar-refractivity contribution in [2.75, 3.05) is 26.3 Å². The van der Waals surface area contributed by atoms with Crippen LogP contribution >= 0.6 is 0 Å². The Balaban J connectivity index is 2.06. The van der Waals surface area contributed by atoms with E-state index in [1.807, 2.05) is 20.8 Å². The van der Waals surface area contributed by atoms with E-state index >= 15 is 0 Å². The fourth-order valence-electron chi connectivity index (χ4n) is 2.95. The van der Waals surface area contributed by atoms with Crippen LogP contribution in [-0.4, -0.2) is 49.2 Å². The molecule has 2 saturated heterocycles. The molecule has 2 aliphatic heterocycles. The predicted molar refractivity (Wildman–Crippen MR) is 69.8 cm³/mol. The fraction of sp³-hybridized carbons (Fsp3) is 0.857. The van der Waals surface area contributed by atoms with Crippen LogP contribution < -0.4 is 0 Å². The van der Waals surface area contributed by atoms with Crippen molar-refractivity contribution in [1.29, 1.82) is 0 Å². The lowest BCUT2D eigenvalue weighted by atomic mass is 9.73. The van der Waals surface area contributed by atoms with Gasteiger partial charge >= 0.3 is 6.09 Å². The molecule has 0 bridgehead atoms. The van der Waals surface area contributed by atoms with E-state index < -0.39 is 5.60 Å². The molecular weight excluding hydrogens is 246 g/mol. The minimum Gasteiger partial charge on any atom is -0.444 e. The van der Waals surface area contributed by atoms with Crippen LogP contribution in [0.15, 0.2) is 0 Å². The van der Waals surface area contributed by atoms with Crippen LogP contribution in [0.25, 0.3) is 0 Å². The van der Waals surface area contributed by atoms with E-state index in [4.69, 9.17) is 9.47 Å². The highest BCUT2D eigenvalue weighted by molar-refractivity contribution is 5.70. The van der Waals surface area contributed by atoms with Crippen molar-refractivity contribution < 1.29 is 19.1 Å². The second-order valence-corrected chi connectivity index (χ2v) is 6.58. The molecule has 2 heterocycles. The molecule has 1 atom stereocenters. The summed E-state index contributed by atoms with van der Waals surface area (Å²) in [7, 11) is 0. The monoisotopic (exact) mass is 269 g/mol. The third-order valence-corrected chi connectivity index (χ3v) is 4.01. The van der Waals surface area contributed by atoms with E-state index in [1.165, 1.54) is 0 Å². The molecule has 0 N–H and O–H groups in total. The van der Waals surface area contributed by atoms with E-state index in [2.05, 4.69) is 0 Å². The summed E-state index contributed by atoms with van der Waals surface area (Å²) in [5.41, 5.74) is -0.601. The number of rotatable bonds is 1. The molecule has 19 heavy (non-hydrogen) atoms. The molecule has 5 nitrogen and oxygen atoms in total. The lowest BCUT2D eigenvalue weighted by Crippen LogP contribution is -2.39. The van der Waals surface area contributed by atoms with Gasteiger partial charge in [-0.3, -0.25) is 0 Å². The van der Waals surface area contributed by atoms with Gasteiger partial charge in [0.15, 0.2) is 0 Å². The smallest absolute Gasteiger partial charge is 0.410 e. The third-order valence-electron chi connectivity index (χ3n) is 4.01. The van der Waals surface area contributed by atoms with Crippen molar-refractivity contribution in [3.63, 3.8) is 0 Å². The molecule has 108 valence electrons. The first kappa shape index (κ1) is 14.3. The zero-order valence-corrected chi connectivity index (χ0v) is 12.0. The minimum absolute atomic E-state index is 0.0936. The second kappa shape index (κ2) is 5.12. The standard InChI is InChI=1S/C14H23NO4/c1-13(2,3)19-12(17)15-8-11(9-16)14(10-15)4-6-18-7-5-14/h9,11H,4-8,10H2,1-3H3. The summed E-state index contributed by atoms with van der Waals surface area (Å²) in [6.07, 6.45) is 2.36. The highest BCUT2D eigenvalue weighted by Crippen LogP contribution is 2.43. The fourth-order valence-corrected chi connectivity index (χ4v) is 2.95. The Hall–Kier alpha value is -1.10. The number of amides is 1. The molecule has 0 saturated carbocycles. The van der Waals surface area contributed by atoms with Crippen LogP contribution in [0.5, 0.6) is 0 Å². The Labute approximate surface area is 114 Å². The number of carbonyl (C=O) groups excluding carboxylic acids is 2. The lowest BCUT2D eigenvalue weighted by molar-refractivity contribution is -0.115. The van der Waals surface area contributed by atoms with Crippen LogP contribution in [0, 0.1) is 11.3 Å². The van der Waals surface area contributed by atoms with E-state index in [0.29, 0.717) is 26.3 Å². The molecule has 0 aliphatic carbocycles. The lowest BCUT2D eigenvalue weighted by Gasteiger charge is -2.35. The molecule has 1 amide bonds. The van der Waals surface area contributed by atoms with Gasteiger partial charge in [0.2, 0.25) is 0 Å². The van der Waals surface area contributed by atoms with E-state index in [9.17, 15) is 9.59 Å². The molecule has 0 radical (unpaired) electrons. The minimum atomic E-state index is -0.501. The third kappa shape index (κ3) is 3.08. The summed E-state index contributed by atoms with van der Waals surface area (Å²) < 4.78 is 10.8. The number of nitrogens with zero attached hydrogens (tertiary/aromatic N) is 1. The number of hydrogen-bond donors (Lipinski definition) is 0. The van der Waals surface area contributed by atoms with Crippen molar-refractivity contribution in [1.82, 2.24) is 4.90 Å². The van der Waals surface area contributed by atoms with Gasteiger partial charge in [-0.15, -0.1) is 0 Å². The number of hydrogen-bond acceptors (Lipinski definition) is 4. The summed E-state index contributed by atoms with van der Waals surface area (Å²) in [4.78, 5) is 25.1. The van der Waals surface area contributed by atoms with Crippen molar-refractivity contribution in [2.24, 2.45) is 11.3 Å². The van der Waals surface area contributed by atoms with Gasteiger partial charge in [-0.2, -0.15) is 0 Å². The van der Waals surface area contributed by atoms with Crippen LogP contribution in [0.3, 0.4) is 0 Å². The SMILES string of the molecule is CC(C)(C)OC(=O)N1CC(C=O)C2(CCOCC2)C1. The molecule has 0 aromatic heterocycles. The first-order chi connectivity index (χ1) is 8.86. The number of aldehydes is 1. The number of likely N-dealkylation sites (tertiary alicyclic amines) is 1. The summed E-state index contributed by atoms with van der Waals surface area (Å²) in [6.45, 7) is 7.97. The number of ether oxygens (including phenoxy) is 2. The summed E-state index contributed by atoms with van der Waals surface area (Å²) in [5.74, 6) is -0.0936. The first-order valence-electron chi connectivity index (χ1n) is 6.87. The molecule has 2 fully saturated rings. The molecule has 2 aliphatic rings. The molecule has 0 aromatic rings. The highest BCUT2D eigenvalue weighted by atomic mass is 16.6. The Morgan fingerprint density at radius 1 is 1.37 bits per heavy atom. The van der Waals surface area contributed by atoms with E-state index in [1.54, 1.807) is 4.90 Å². The maximum atomic E-state index is 12.1. The molecule has 2 rings (SSSR count). The average Bonchev–Trinajstić information content (AvgIpc) is 2.67. The van der Waals surface area contributed by atoms with Gasteiger partial charge in [-0.25, -0.2) is 4.79 Å². The topological polar surface area (TPSA) is 55.8 Å². The van der Waals surface area contributed by atoms with Crippen molar-refractivity contribution in [2.45, 2.75) is 39.2 Å². The van der Waals surface area contributed by atoms with Gasteiger partial charge in [0, 0.05) is 37.6 Å². The van der Waals surface area contributed by atoms with Crippen LogP contribution in [0.1, 0.15) is 33.6 Å².